The Morgan fingerprint density at radius 2 is 1.64 bits per heavy atom. The SMILES string of the molecule is O=c1ccc2cc(NS(=O)(=O)c3ccc4c(c3)Cc3ccccc3-4)ccc2o1. The van der Waals surface area contributed by atoms with Gasteiger partial charge in [0.05, 0.1) is 4.90 Å². The van der Waals surface area contributed by atoms with Crippen LogP contribution >= 0.6 is 0 Å². The summed E-state index contributed by atoms with van der Waals surface area (Å²) in [4.78, 5) is 11.5. The summed E-state index contributed by atoms with van der Waals surface area (Å²) in [5.74, 6) is 0. The van der Waals surface area contributed by atoms with E-state index >= 15 is 0 Å². The third-order valence-corrected chi connectivity index (χ3v) is 6.33. The zero-order valence-electron chi connectivity index (χ0n) is 14.7. The number of benzene rings is 3. The number of rotatable bonds is 3. The van der Waals surface area contributed by atoms with E-state index in [1.165, 1.54) is 11.6 Å². The summed E-state index contributed by atoms with van der Waals surface area (Å²) < 4.78 is 33.4. The Balaban J connectivity index is 1.49. The molecule has 0 atom stereocenters. The van der Waals surface area contributed by atoms with Crippen molar-refractivity contribution < 1.29 is 12.8 Å². The highest BCUT2D eigenvalue weighted by Gasteiger charge is 2.22. The molecule has 0 aliphatic heterocycles. The Labute approximate surface area is 161 Å². The molecule has 0 radical (unpaired) electrons. The number of nitrogens with one attached hydrogen (secondary N) is 1. The van der Waals surface area contributed by atoms with E-state index in [1.807, 2.05) is 18.2 Å². The van der Waals surface area contributed by atoms with Gasteiger partial charge < -0.3 is 4.42 Å². The lowest BCUT2D eigenvalue weighted by atomic mass is 10.1. The molecule has 3 aromatic carbocycles. The van der Waals surface area contributed by atoms with Gasteiger partial charge in [0.25, 0.3) is 10.0 Å². The summed E-state index contributed by atoms with van der Waals surface area (Å²) in [5.41, 5.74) is 4.82. The normalized spacial score (nSPS) is 12.6. The van der Waals surface area contributed by atoms with E-state index in [0.717, 1.165) is 23.1 Å². The zero-order chi connectivity index (χ0) is 19.3. The molecule has 0 amide bonds. The van der Waals surface area contributed by atoms with Gasteiger partial charge in [-0.3, -0.25) is 4.72 Å². The van der Waals surface area contributed by atoms with Gasteiger partial charge in [-0.25, -0.2) is 13.2 Å². The summed E-state index contributed by atoms with van der Waals surface area (Å²) in [6, 6.07) is 21.0. The maximum absolute atomic E-state index is 12.9. The molecule has 1 N–H and O–H groups in total. The first-order valence-corrected chi connectivity index (χ1v) is 10.3. The summed E-state index contributed by atoms with van der Waals surface area (Å²) >= 11 is 0. The molecular formula is C22H15NO4S. The van der Waals surface area contributed by atoms with Crippen LogP contribution < -0.4 is 10.3 Å². The molecule has 1 aromatic heterocycles. The van der Waals surface area contributed by atoms with Crippen molar-refractivity contribution in [3.8, 4) is 11.1 Å². The van der Waals surface area contributed by atoms with Crippen molar-refractivity contribution in [1.82, 2.24) is 0 Å². The standard InChI is InChI=1S/C22H15NO4S/c24-22-10-5-15-12-17(6-9-21(15)27-22)23-28(25,26)18-7-8-20-16(13-18)11-14-3-1-2-4-19(14)20/h1-10,12-13,23H,11H2. The zero-order valence-corrected chi connectivity index (χ0v) is 15.5. The van der Waals surface area contributed by atoms with Crippen molar-refractivity contribution in [2.45, 2.75) is 11.3 Å². The van der Waals surface area contributed by atoms with Gasteiger partial charge in [-0.2, -0.15) is 0 Å². The third kappa shape index (κ3) is 2.78. The largest absolute Gasteiger partial charge is 0.423 e. The molecule has 28 heavy (non-hydrogen) atoms. The van der Waals surface area contributed by atoms with E-state index in [2.05, 4.69) is 16.9 Å². The van der Waals surface area contributed by atoms with Crippen molar-refractivity contribution in [1.29, 1.82) is 0 Å². The molecule has 1 heterocycles. The van der Waals surface area contributed by atoms with Crippen LogP contribution in [0.25, 0.3) is 22.1 Å². The van der Waals surface area contributed by atoms with Crippen LogP contribution in [0.2, 0.25) is 0 Å². The predicted octanol–water partition coefficient (Wildman–Crippen LogP) is 4.17. The Morgan fingerprint density at radius 3 is 2.54 bits per heavy atom. The fourth-order valence-corrected chi connectivity index (χ4v) is 4.74. The highest BCUT2D eigenvalue weighted by molar-refractivity contribution is 7.92. The van der Waals surface area contributed by atoms with Gasteiger partial charge in [-0.15, -0.1) is 0 Å². The summed E-state index contributed by atoms with van der Waals surface area (Å²) in [6.07, 6.45) is 0.726. The number of hydrogen-bond acceptors (Lipinski definition) is 4. The van der Waals surface area contributed by atoms with Crippen LogP contribution in [0.3, 0.4) is 0 Å². The van der Waals surface area contributed by atoms with E-state index in [4.69, 9.17) is 4.42 Å². The molecule has 0 saturated heterocycles. The molecule has 5 rings (SSSR count). The Bertz CT molecular complexity index is 1400. The first-order chi connectivity index (χ1) is 13.5. The molecular weight excluding hydrogens is 374 g/mol. The van der Waals surface area contributed by atoms with Crippen molar-refractivity contribution >= 4 is 26.7 Å². The summed E-state index contributed by atoms with van der Waals surface area (Å²) in [5, 5.41) is 0.643. The second kappa shape index (κ2) is 6.07. The minimum absolute atomic E-state index is 0.221. The average Bonchev–Trinajstić information content (AvgIpc) is 3.06. The topological polar surface area (TPSA) is 76.4 Å². The van der Waals surface area contributed by atoms with Crippen LogP contribution in [-0.2, 0) is 16.4 Å². The highest BCUT2D eigenvalue weighted by atomic mass is 32.2. The van der Waals surface area contributed by atoms with Crippen LogP contribution in [0.15, 0.2) is 86.9 Å². The first kappa shape index (κ1) is 16.8. The number of fused-ring (bicyclic) bond motifs is 4. The molecule has 0 spiro atoms. The van der Waals surface area contributed by atoms with E-state index in [9.17, 15) is 13.2 Å². The Kier molecular flexibility index (Phi) is 3.64. The van der Waals surface area contributed by atoms with Gasteiger partial charge in [-0.1, -0.05) is 30.3 Å². The quantitative estimate of drug-likeness (QED) is 0.470. The number of sulfonamides is 1. The third-order valence-electron chi connectivity index (χ3n) is 4.95. The fourth-order valence-electron chi connectivity index (χ4n) is 3.64. The minimum atomic E-state index is -3.74. The van der Waals surface area contributed by atoms with Crippen LogP contribution in [0.1, 0.15) is 11.1 Å². The average molecular weight is 389 g/mol. The molecule has 138 valence electrons. The Morgan fingerprint density at radius 1 is 0.821 bits per heavy atom. The van der Waals surface area contributed by atoms with Gasteiger partial charge in [0.2, 0.25) is 0 Å². The smallest absolute Gasteiger partial charge is 0.336 e. The van der Waals surface area contributed by atoms with Gasteiger partial charge in [-0.05, 0) is 65.1 Å². The Hall–Kier alpha value is -3.38. The van der Waals surface area contributed by atoms with Crippen molar-refractivity contribution in [3.63, 3.8) is 0 Å². The summed E-state index contributed by atoms with van der Waals surface area (Å²) in [7, 11) is -3.74. The lowest BCUT2D eigenvalue weighted by Gasteiger charge is -2.10. The molecule has 0 fully saturated rings. The highest BCUT2D eigenvalue weighted by Crippen LogP contribution is 2.37. The van der Waals surface area contributed by atoms with Crippen LogP contribution in [-0.4, -0.2) is 8.42 Å². The molecule has 4 aromatic rings. The van der Waals surface area contributed by atoms with Crippen LogP contribution in [0.5, 0.6) is 0 Å². The lowest BCUT2D eigenvalue weighted by Crippen LogP contribution is -2.13. The van der Waals surface area contributed by atoms with Gasteiger partial charge in [0, 0.05) is 17.1 Å². The van der Waals surface area contributed by atoms with Gasteiger partial charge >= 0.3 is 5.63 Å². The van der Waals surface area contributed by atoms with E-state index < -0.39 is 15.6 Å². The lowest BCUT2D eigenvalue weighted by molar-refractivity contribution is 0.561. The number of anilines is 1. The fraction of sp³-hybridized carbons (Fsp3) is 0.0455. The molecule has 1 aliphatic rings. The first-order valence-electron chi connectivity index (χ1n) is 8.78. The molecule has 0 bridgehead atoms. The molecule has 0 saturated carbocycles. The second-order valence-corrected chi connectivity index (χ2v) is 8.45. The maximum Gasteiger partial charge on any atom is 0.336 e. The van der Waals surface area contributed by atoms with E-state index in [0.29, 0.717) is 16.7 Å². The van der Waals surface area contributed by atoms with Crippen molar-refractivity contribution in [3.05, 3.63) is 94.3 Å². The minimum Gasteiger partial charge on any atom is -0.423 e. The van der Waals surface area contributed by atoms with Crippen LogP contribution in [0.4, 0.5) is 5.69 Å². The molecule has 6 heteroatoms. The van der Waals surface area contributed by atoms with Gasteiger partial charge in [0.15, 0.2) is 0 Å². The maximum atomic E-state index is 12.9. The predicted molar refractivity (Wildman–Crippen MR) is 108 cm³/mol. The number of hydrogen-bond donors (Lipinski definition) is 1. The monoisotopic (exact) mass is 389 g/mol. The van der Waals surface area contributed by atoms with E-state index in [-0.39, 0.29) is 4.90 Å². The van der Waals surface area contributed by atoms with Gasteiger partial charge in [0.1, 0.15) is 5.58 Å². The summed E-state index contributed by atoms with van der Waals surface area (Å²) in [6.45, 7) is 0. The molecule has 0 unspecified atom stereocenters. The molecule has 5 nitrogen and oxygen atoms in total. The molecule has 1 aliphatic carbocycles. The second-order valence-electron chi connectivity index (χ2n) is 6.77. The van der Waals surface area contributed by atoms with Crippen molar-refractivity contribution in [2.24, 2.45) is 0 Å². The van der Waals surface area contributed by atoms with Crippen molar-refractivity contribution in [2.75, 3.05) is 4.72 Å². The van der Waals surface area contributed by atoms with E-state index in [1.54, 1.807) is 36.4 Å². The van der Waals surface area contributed by atoms with Crippen LogP contribution in [0, 0.1) is 0 Å².